The van der Waals surface area contributed by atoms with Gasteiger partial charge in [0.1, 0.15) is 6.17 Å². The fourth-order valence-corrected chi connectivity index (χ4v) is 3.36. The Bertz CT molecular complexity index is 1000. The number of ether oxygens (including phenoxy) is 1. The van der Waals surface area contributed by atoms with Gasteiger partial charge in [0.15, 0.2) is 0 Å². The number of rotatable bonds is 4. The molecule has 0 saturated heterocycles. The largest absolute Gasteiger partial charge is 0.462 e. The Morgan fingerprint density at radius 2 is 1.64 bits per heavy atom. The molecule has 3 aromatic rings. The summed E-state index contributed by atoms with van der Waals surface area (Å²) in [4.78, 5) is 27.0. The van der Waals surface area contributed by atoms with E-state index in [-0.39, 0.29) is 18.0 Å². The van der Waals surface area contributed by atoms with Gasteiger partial charge in [-0.3, -0.25) is 9.69 Å². The molecule has 0 aliphatic carbocycles. The van der Waals surface area contributed by atoms with Crippen LogP contribution in [-0.2, 0) is 4.74 Å². The van der Waals surface area contributed by atoms with Crippen molar-refractivity contribution in [2.75, 3.05) is 16.8 Å². The van der Waals surface area contributed by atoms with E-state index in [2.05, 4.69) is 5.32 Å². The topological polar surface area (TPSA) is 58.6 Å². The normalized spacial score (nSPS) is 15.5. The van der Waals surface area contributed by atoms with Crippen LogP contribution >= 0.6 is 0 Å². The number of nitrogens with one attached hydrogen (secondary N) is 1. The summed E-state index contributed by atoms with van der Waals surface area (Å²) in [6, 6.07) is 24.2. The van der Waals surface area contributed by atoms with Crippen LogP contribution in [-0.4, -0.2) is 18.5 Å². The first kappa shape index (κ1) is 17.8. The van der Waals surface area contributed by atoms with E-state index in [1.54, 1.807) is 36.1 Å². The minimum atomic E-state index is -0.373. The number of hydrogen-bond donors (Lipinski definition) is 1. The second-order valence-electron chi connectivity index (χ2n) is 6.45. The summed E-state index contributed by atoms with van der Waals surface area (Å²) in [6.45, 7) is 2.09. The predicted octanol–water partition coefficient (Wildman–Crippen LogP) is 4.63. The van der Waals surface area contributed by atoms with Gasteiger partial charge in [0, 0.05) is 11.4 Å². The molecule has 1 unspecified atom stereocenters. The van der Waals surface area contributed by atoms with Crippen LogP contribution in [0.2, 0.25) is 0 Å². The monoisotopic (exact) mass is 372 g/mol. The second-order valence-corrected chi connectivity index (χ2v) is 6.45. The van der Waals surface area contributed by atoms with Crippen molar-refractivity contribution in [3.63, 3.8) is 0 Å². The van der Waals surface area contributed by atoms with Crippen molar-refractivity contribution >= 4 is 23.3 Å². The van der Waals surface area contributed by atoms with Crippen molar-refractivity contribution in [3.05, 3.63) is 95.6 Å². The molecule has 1 heterocycles. The third-order valence-electron chi connectivity index (χ3n) is 4.70. The van der Waals surface area contributed by atoms with Crippen LogP contribution in [0.25, 0.3) is 0 Å². The van der Waals surface area contributed by atoms with Gasteiger partial charge < -0.3 is 10.1 Å². The quantitative estimate of drug-likeness (QED) is 0.678. The zero-order chi connectivity index (χ0) is 19.5. The lowest BCUT2D eigenvalue weighted by atomic mass is 10.0. The third-order valence-corrected chi connectivity index (χ3v) is 4.70. The van der Waals surface area contributed by atoms with Crippen LogP contribution in [0.4, 0.5) is 11.4 Å². The predicted molar refractivity (Wildman–Crippen MR) is 108 cm³/mol. The Balaban J connectivity index is 1.75. The van der Waals surface area contributed by atoms with Gasteiger partial charge in [0.05, 0.1) is 17.7 Å². The summed E-state index contributed by atoms with van der Waals surface area (Å²) in [6.07, 6.45) is -0.350. The molecular weight excluding hydrogens is 352 g/mol. The first-order valence-corrected chi connectivity index (χ1v) is 9.20. The Kier molecular flexibility index (Phi) is 4.81. The molecule has 1 N–H and O–H groups in total. The van der Waals surface area contributed by atoms with Crippen molar-refractivity contribution in [3.8, 4) is 0 Å². The fraction of sp³-hybridized carbons (Fsp3) is 0.130. The van der Waals surface area contributed by atoms with Crippen molar-refractivity contribution in [2.45, 2.75) is 13.1 Å². The molecule has 5 nitrogen and oxygen atoms in total. The van der Waals surface area contributed by atoms with Crippen molar-refractivity contribution < 1.29 is 14.3 Å². The first-order valence-electron chi connectivity index (χ1n) is 9.20. The number of esters is 1. The fourth-order valence-electron chi connectivity index (χ4n) is 3.36. The molecule has 0 aromatic heterocycles. The van der Waals surface area contributed by atoms with E-state index >= 15 is 0 Å². The lowest BCUT2D eigenvalue weighted by molar-refractivity contribution is 0.0526. The van der Waals surface area contributed by atoms with Gasteiger partial charge in [0.2, 0.25) is 0 Å². The maximum Gasteiger partial charge on any atom is 0.338 e. The molecule has 0 fully saturated rings. The molecule has 1 aliphatic rings. The van der Waals surface area contributed by atoms with Gasteiger partial charge in [-0.05, 0) is 48.9 Å². The maximum atomic E-state index is 13.3. The number of nitrogens with zero attached hydrogens (tertiary/aromatic N) is 1. The second kappa shape index (κ2) is 7.56. The summed E-state index contributed by atoms with van der Waals surface area (Å²) < 4.78 is 5.04. The Hall–Kier alpha value is -3.60. The number of anilines is 2. The van der Waals surface area contributed by atoms with Crippen LogP contribution in [0.5, 0.6) is 0 Å². The molecule has 0 saturated carbocycles. The summed E-state index contributed by atoms with van der Waals surface area (Å²) in [7, 11) is 0. The number of fused-ring (bicyclic) bond motifs is 1. The smallest absolute Gasteiger partial charge is 0.338 e. The van der Waals surface area contributed by atoms with E-state index in [1.807, 2.05) is 54.6 Å². The zero-order valence-corrected chi connectivity index (χ0v) is 15.5. The van der Waals surface area contributed by atoms with Crippen LogP contribution in [0, 0.1) is 0 Å². The highest BCUT2D eigenvalue weighted by molar-refractivity contribution is 6.12. The minimum Gasteiger partial charge on any atom is -0.462 e. The van der Waals surface area contributed by atoms with E-state index in [9.17, 15) is 9.59 Å². The number of carbonyl (C=O) groups is 2. The number of benzene rings is 3. The lowest BCUT2D eigenvalue weighted by Crippen LogP contribution is -2.43. The molecule has 4 rings (SSSR count). The molecule has 0 radical (unpaired) electrons. The molecule has 0 spiro atoms. The average molecular weight is 372 g/mol. The third kappa shape index (κ3) is 3.22. The van der Waals surface area contributed by atoms with Crippen molar-refractivity contribution in [1.29, 1.82) is 0 Å². The van der Waals surface area contributed by atoms with Crippen molar-refractivity contribution in [2.24, 2.45) is 0 Å². The van der Waals surface area contributed by atoms with E-state index in [0.29, 0.717) is 23.4 Å². The number of hydrogen-bond acceptors (Lipinski definition) is 4. The lowest BCUT2D eigenvalue weighted by Gasteiger charge is -2.38. The van der Waals surface area contributed by atoms with Crippen LogP contribution in [0.3, 0.4) is 0 Å². The van der Waals surface area contributed by atoms with E-state index in [4.69, 9.17) is 4.74 Å². The molecule has 1 atom stereocenters. The highest BCUT2D eigenvalue weighted by Crippen LogP contribution is 2.36. The number of para-hydroxylation sites is 1. The molecule has 28 heavy (non-hydrogen) atoms. The van der Waals surface area contributed by atoms with E-state index in [0.717, 1.165) is 11.3 Å². The van der Waals surface area contributed by atoms with Crippen LogP contribution < -0.4 is 10.2 Å². The van der Waals surface area contributed by atoms with Gasteiger partial charge in [-0.15, -0.1) is 0 Å². The van der Waals surface area contributed by atoms with Crippen LogP contribution in [0.15, 0.2) is 78.9 Å². The van der Waals surface area contributed by atoms with E-state index in [1.165, 1.54) is 0 Å². The Labute approximate surface area is 163 Å². The van der Waals surface area contributed by atoms with Crippen molar-refractivity contribution in [1.82, 2.24) is 0 Å². The minimum absolute atomic E-state index is 0.0907. The highest BCUT2D eigenvalue weighted by atomic mass is 16.5. The van der Waals surface area contributed by atoms with Gasteiger partial charge >= 0.3 is 5.97 Å². The molecule has 3 aromatic carbocycles. The molecule has 0 bridgehead atoms. The first-order chi connectivity index (χ1) is 13.7. The summed E-state index contributed by atoms with van der Waals surface area (Å²) in [5.74, 6) is -0.464. The van der Waals surface area contributed by atoms with Gasteiger partial charge in [-0.1, -0.05) is 42.5 Å². The molecule has 1 aliphatic heterocycles. The summed E-state index contributed by atoms with van der Waals surface area (Å²) >= 11 is 0. The number of amides is 1. The molecule has 140 valence electrons. The number of carbonyl (C=O) groups excluding carboxylic acids is 2. The zero-order valence-electron chi connectivity index (χ0n) is 15.5. The molecule has 5 heteroatoms. The van der Waals surface area contributed by atoms with Gasteiger partial charge in [-0.2, -0.15) is 0 Å². The average Bonchev–Trinajstić information content (AvgIpc) is 2.75. The molecule has 1 amide bonds. The standard InChI is InChI=1S/C23H20N2O3/c1-2-28-23(27)17-12-14-18(15-13-17)25-21(16-8-4-3-5-9-16)24-20-11-7-6-10-19(20)22(25)26/h3-15,21,24H,2H2,1H3. The Morgan fingerprint density at radius 1 is 0.964 bits per heavy atom. The Morgan fingerprint density at radius 3 is 2.36 bits per heavy atom. The van der Waals surface area contributed by atoms with Gasteiger partial charge in [-0.25, -0.2) is 4.79 Å². The van der Waals surface area contributed by atoms with Crippen LogP contribution in [0.1, 0.15) is 39.4 Å². The summed E-state index contributed by atoms with van der Waals surface area (Å²) in [5, 5.41) is 3.46. The SMILES string of the molecule is CCOC(=O)c1ccc(N2C(=O)c3ccccc3NC2c2ccccc2)cc1. The van der Waals surface area contributed by atoms with E-state index < -0.39 is 0 Å². The maximum absolute atomic E-state index is 13.3. The highest BCUT2D eigenvalue weighted by Gasteiger charge is 2.33. The molecular formula is C23H20N2O3. The van der Waals surface area contributed by atoms with Gasteiger partial charge in [0.25, 0.3) is 5.91 Å². The summed E-state index contributed by atoms with van der Waals surface area (Å²) in [5.41, 5.74) is 3.55.